The Morgan fingerprint density at radius 3 is 2.94 bits per heavy atom. The molecule has 1 aliphatic rings. The third kappa shape index (κ3) is 2.51. The van der Waals surface area contributed by atoms with Gasteiger partial charge in [0.25, 0.3) is 5.91 Å². The standard InChI is InChI=1S/C11H14N2O4S/c1-7-5-17-8(2)4-12(7)11(14)9-3-10(13(15)16)18-6-9/h3,6-8H,4-5H2,1-2H3. The number of ether oxygens (including phenoxy) is 1. The van der Waals surface area contributed by atoms with Crippen molar-refractivity contribution >= 4 is 22.2 Å². The molecule has 0 radical (unpaired) electrons. The maximum atomic E-state index is 12.2. The quantitative estimate of drug-likeness (QED) is 0.608. The zero-order valence-electron chi connectivity index (χ0n) is 10.2. The number of nitro groups is 1. The van der Waals surface area contributed by atoms with E-state index >= 15 is 0 Å². The number of nitrogens with zero attached hydrogens (tertiary/aromatic N) is 2. The Labute approximate surface area is 108 Å². The molecule has 18 heavy (non-hydrogen) atoms. The lowest BCUT2D eigenvalue weighted by Gasteiger charge is -2.36. The van der Waals surface area contributed by atoms with Crippen molar-refractivity contribution in [1.82, 2.24) is 4.90 Å². The van der Waals surface area contributed by atoms with E-state index in [0.717, 1.165) is 11.3 Å². The molecule has 0 aliphatic carbocycles. The third-order valence-electron chi connectivity index (χ3n) is 2.88. The molecule has 98 valence electrons. The van der Waals surface area contributed by atoms with Gasteiger partial charge >= 0.3 is 5.00 Å². The van der Waals surface area contributed by atoms with Gasteiger partial charge in [-0.25, -0.2) is 0 Å². The van der Waals surface area contributed by atoms with E-state index in [0.29, 0.717) is 18.7 Å². The van der Waals surface area contributed by atoms with Crippen LogP contribution in [0.3, 0.4) is 0 Å². The van der Waals surface area contributed by atoms with Gasteiger partial charge in [-0.15, -0.1) is 0 Å². The first-order valence-electron chi connectivity index (χ1n) is 5.64. The second-order valence-corrected chi connectivity index (χ2v) is 5.27. The van der Waals surface area contributed by atoms with Crippen LogP contribution in [0.25, 0.3) is 0 Å². The second kappa shape index (κ2) is 5.03. The summed E-state index contributed by atoms with van der Waals surface area (Å²) in [6.45, 7) is 4.83. The Bertz CT molecular complexity index is 473. The molecule has 1 aromatic heterocycles. The molecule has 6 nitrogen and oxygen atoms in total. The lowest BCUT2D eigenvalue weighted by molar-refractivity contribution is -0.380. The molecule has 0 spiro atoms. The van der Waals surface area contributed by atoms with Crippen LogP contribution in [0.2, 0.25) is 0 Å². The molecule has 0 aromatic carbocycles. The molecule has 2 unspecified atom stereocenters. The van der Waals surface area contributed by atoms with Gasteiger partial charge in [0.2, 0.25) is 0 Å². The highest BCUT2D eigenvalue weighted by Crippen LogP contribution is 2.25. The fourth-order valence-electron chi connectivity index (χ4n) is 1.88. The van der Waals surface area contributed by atoms with Crippen molar-refractivity contribution in [2.24, 2.45) is 0 Å². The summed E-state index contributed by atoms with van der Waals surface area (Å²) in [5.41, 5.74) is 0.382. The average molecular weight is 270 g/mol. The van der Waals surface area contributed by atoms with Gasteiger partial charge in [0.1, 0.15) is 0 Å². The summed E-state index contributed by atoms with van der Waals surface area (Å²) in [4.78, 5) is 24.1. The van der Waals surface area contributed by atoms with Crippen LogP contribution in [0.1, 0.15) is 24.2 Å². The van der Waals surface area contributed by atoms with Crippen molar-refractivity contribution in [3.8, 4) is 0 Å². The predicted octanol–water partition coefficient (Wildman–Crippen LogP) is 1.91. The number of morpholine rings is 1. The first-order chi connectivity index (χ1) is 8.49. The van der Waals surface area contributed by atoms with Crippen LogP contribution < -0.4 is 0 Å². The SMILES string of the molecule is CC1CN(C(=O)c2csc([N+](=O)[O-])c2)C(C)CO1. The summed E-state index contributed by atoms with van der Waals surface area (Å²) in [5, 5.41) is 12.1. The fourth-order valence-corrected chi connectivity index (χ4v) is 2.58. The van der Waals surface area contributed by atoms with Crippen LogP contribution >= 0.6 is 11.3 Å². The molecule has 2 rings (SSSR count). The largest absolute Gasteiger partial charge is 0.375 e. The molecule has 1 amide bonds. The number of carbonyl (C=O) groups excluding carboxylic acids is 1. The average Bonchev–Trinajstić information content (AvgIpc) is 2.81. The summed E-state index contributed by atoms with van der Waals surface area (Å²) in [6.07, 6.45) is -0.00114. The van der Waals surface area contributed by atoms with Crippen LogP contribution in [-0.2, 0) is 4.74 Å². The topological polar surface area (TPSA) is 72.7 Å². The van der Waals surface area contributed by atoms with Crippen molar-refractivity contribution in [2.75, 3.05) is 13.2 Å². The highest BCUT2D eigenvalue weighted by molar-refractivity contribution is 7.13. The summed E-state index contributed by atoms with van der Waals surface area (Å²) in [5.74, 6) is -0.165. The first kappa shape index (κ1) is 13.0. The van der Waals surface area contributed by atoms with Gasteiger partial charge in [0.15, 0.2) is 0 Å². The number of amides is 1. The minimum absolute atomic E-state index is 0.00114. The van der Waals surface area contributed by atoms with Crippen molar-refractivity contribution in [3.63, 3.8) is 0 Å². The molecular weight excluding hydrogens is 256 g/mol. The van der Waals surface area contributed by atoms with Gasteiger partial charge in [-0.1, -0.05) is 11.3 Å². The summed E-state index contributed by atoms with van der Waals surface area (Å²) < 4.78 is 5.45. The van der Waals surface area contributed by atoms with Gasteiger partial charge < -0.3 is 9.64 Å². The summed E-state index contributed by atoms with van der Waals surface area (Å²) in [7, 11) is 0. The van der Waals surface area contributed by atoms with Gasteiger partial charge in [-0.05, 0) is 13.8 Å². The van der Waals surface area contributed by atoms with Crippen molar-refractivity contribution in [2.45, 2.75) is 26.0 Å². The summed E-state index contributed by atoms with van der Waals surface area (Å²) >= 11 is 0.974. The maximum Gasteiger partial charge on any atom is 0.324 e. The summed E-state index contributed by atoms with van der Waals surface area (Å²) in [6, 6.07) is 1.33. The number of hydrogen-bond donors (Lipinski definition) is 0. The first-order valence-corrected chi connectivity index (χ1v) is 6.52. The van der Waals surface area contributed by atoms with E-state index in [1.54, 1.807) is 4.90 Å². The lowest BCUT2D eigenvalue weighted by Crippen LogP contribution is -2.50. The van der Waals surface area contributed by atoms with E-state index in [1.807, 2.05) is 13.8 Å². The number of hydrogen-bond acceptors (Lipinski definition) is 5. The van der Waals surface area contributed by atoms with Crippen LogP contribution in [0, 0.1) is 10.1 Å². The number of thiophene rings is 1. The molecule has 1 aromatic rings. The zero-order valence-corrected chi connectivity index (χ0v) is 11.0. The molecule has 1 saturated heterocycles. The minimum Gasteiger partial charge on any atom is -0.375 e. The molecule has 0 saturated carbocycles. The van der Waals surface area contributed by atoms with Gasteiger partial charge in [-0.2, -0.15) is 0 Å². The molecule has 7 heteroatoms. The molecule has 1 aliphatic heterocycles. The predicted molar refractivity (Wildman–Crippen MR) is 66.9 cm³/mol. The molecule has 2 heterocycles. The van der Waals surface area contributed by atoms with E-state index in [9.17, 15) is 14.9 Å². The lowest BCUT2D eigenvalue weighted by atomic mass is 10.1. The highest BCUT2D eigenvalue weighted by atomic mass is 32.1. The Kier molecular flexibility index (Phi) is 3.63. The van der Waals surface area contributed by atoms with Gasteiger partial charge in [0.05, 0.1) is 29.2 Å². The van der Waals surface area contributed by atoms with E-state index in [4.69, 9.17) is 4.74 Å². The normalized spacial score (nSPS) is 24.0. The highest BCUT2D eigenvalue weighted by Gasteiger charge is 2.29. The number of carbonyl (C=O) groups is 1. The van der Waals surface area contributed by atoms with Crippen molar-refractivity contribution < 1.29 is 14.5 Å². The Morgan fingerprint density at radius 1 is 1.61 bits per heavy atom. The molecule has 0 N–H and O–H groups in total. The Hall–Kier alpha value is -1.47. The maximum absolute atomic E-state index is 12.2. The molecule has 2 atom stereocenters. The van der Waals surface area contributed by atoms with E-state index in [2.05, 4.69) is 0 Å². The Balaban J connectivity index is 2.16. The number of rotatable bonds is 2. The van der Waals surface area contributed by atoms with Crippen LogP contribution in [0.15, 0.2) is 11.4 Å². The van der Waals surface area contributed by atoms with E-state index in [1.165, 1.54) is 11.4 Å². The smallest absolute Gasteiger partial charge is 0.324 e. The molecular formula is C11H14N2O4S. The molecule has 0 bridgehead atoms. The van der Waals surface area contributed by atoms with E-state index in [-0.39, 0.29) is 23.1 Å². The third-order valence-corrected chi connectivity index (χ3v) is 3.76. The van der Waals surface area contributed by atoms with Crippen molar-refractivity contribution in [1.29, 1.82) is 0 Å². The zero-order chi connectivity index (χ0) is 13.3. The fraction of sp³-hybridized carbons (Fsp3) is 0.545. The second-order valence-electron chi connectivity index (χ2n) is 4.38. The van der Waals surface area contributed by atoms with Crippen molar-refractivity contribution in [3.05, 3.63) is 27.1 Å². The van der Waals surface area contributed by atoms with Crippen LogP contribution in [0.5, 0.6) is 0 Å². The Morgan fingerprint density at radius 2 is 2.33 bits per heavy atom. The molecule has 1 fully saturated rings. The van der Waals surface area contributed by atoms with Crippen LogP contribution in [0.4, 0.5) is 5.00 Å². The monoisotopic (exact) mass is 270 g/mol. The van der Waals surface area contributed by atoms with Crippen LogP contribution in [-0.4, -0.2) is 41.0 Å². The minimum atomic E-state index is -0.479. The van der Waals surface area contributed by atoms with E-state index < -0.39 is 4.92 Å². The van der Waals surface area contributed by atoms with Gasteiger partial charge in [0, 0.05) is 18.0 Å². The van der Waals surface area contributed by atoms with Gasteiger partial charge in [-0.3, -0.25) is 14.9 Å².